The molecule has 0 N–H and O–H groups in total. The first-order valence-electron chi connectivity index (χ1n) is 15.3. The van der Waals surface area contributed by atoms with Crippen LogP contribution < -0.4 is 0 Å². The molecule has 0 saturated heterocycles. The van der Waals surface area contributed by atoms with Crippen molar-refractivity contribution < 1.29 is 0 Å². The highest BCUT2D eigenvalue weighted by Gasteiger charge is 2.24. The first-order valence-corrected chi connectivity index (χ1v) is 15.3. The summed E-state index contributed by atoms with van der Waals surface area (Å²) in [5.74, 6) is 1.54. The van der Waals surface area contributed by atoms with Crippen LogP contribution in [0, 0.1) is 5.92 Å². The third-order valence-electron chi connectivity index (χ3n) is 8.30. The normalized spacial score (nSPS) is 20.8. The fourth-order valence-electron chi connectivity index (χ4n) is 4.95. The van der Waals surface area contributed by atoms with E-state index in [1.807, 2.05) is 6.21 Å². The molecule has 40 heavy (non-hydrogen) atoms. The molecule has 3 heterocycles. The van der Waals surface area contributed by atoms with Crippen LogP contribution in [0.15, 0.2) is 104 Å². The number of aliphatic imine (C=N–C) groups is 2. The molecule has 3 aliphatic rings. The molecule has 1 unspecified atom stereocenters. The number of rotatable bonds is 12. The van der Waals surface area contributed by atoms with Gasteiger partial charge in [0.05, 0.1) is 17.6 Å². The van der Waals surface area contributed by atoms with Gasteiger partial charge >= 0.3 is 0 Å². The van der Waals surface area contributed by atoms with E-state index in [4.69, 9.17) is 9.98 Å². The third-order valence-corrected chi connectivity index (χ3v) is 8.30. The van der Waals surface area contributed by atoms with Crippen LogP contribution in [0.2, 0.25) is 0 Å². The molecule has 3 rings (SSSR count). The molecule has 0 aliphatic carbocycles. The zero-order valence-corrected chi connectivity index (χ0v) is 26.4. The van der Waals surface area contributed by atoms with Crippen LogP contribution in [0.3, 0.4) is 0 Å². The van der Waals surface area contributed by atoms with Gasteiger partial charge in [0.15, 0.2) is 5.84 Å². The molecule has 4 heteroatoms. The number of allylic oxidation sites excluding steroid dienone is 9. The van der Waals surface area contributed by atoms with E-state index in [2.05, 4.69) is 114 Å². The summed E-state index contributed by atoms with van der Waals surface area (Å²) in [7, 11) is 0. The molecule has 0 amide bonds. The molecular formula is C36H52N4. The Balaban J connectivity index is 1.86. The van der Waals surface area contributed by atoms with E-state index in [-0.39, 0.29) is 0 Å². The summed E-state index contributed by atoms with van der Waals surface area (Å²) in [6.45, 7) is 24.0. The van der Waals surface area contributed by atoms with Gasteiger partial charge in [0, 0.05) is 31.0 Å². The first-order chi connectivity index (χ1) is 19.1. The highest BCUT2D eigenvalue weighted by atomic mass is 15.2. The molecule has 0 saturated carbocycles. The van der Waals surface area contributed by atoms with E-state index in [1.54, 1.807) is 0 Å². The van der Waals surface area contributed by atoms with Crippen molar-refractivity contribution in [3.05, 3.63) is 94.2 Å². The molecule has 0 aromatic carbocycles. The SMILES string of the molecule is C=C(C)/C(C)=C/C(=C\CCC/C=C(/C)C(C)CC)C1=C/C(=C/CC)N2C=C(C3=CCN(C(C)C)CC3)N=CC2=N1. The largest absolute Gasteiger partial charge is 0.299 e. The lowest BCUT2D eigenvalue weighted by molar-refractivity contribution is 0.239. The lowest BCUT2D eigenvalue weighted by Gasteiger charge is -2.32. The minimum Gasteiger partial charge on any atom is -0.299 e. The van der Waals surface area contributed by atoms with Crippen molar-refractivity contribution in [1.82, 2.24) is 9.80 Å². The monoisotopic (exact) mass is 540 g/mol. The highest BCUT2D eigenvalue weighted by molar-refractivity contribution is 6.31. The van der Waals surface area contributed by atoms with E-state index in [0.29, 0.717) is 12.0 Å². The molecule has 0 bridgehead atoms. The molecular weight excluding hydrogens is 488 g/mol. The van der Waals surface area contributed by atoms with Gasteiger partial charge in [-0.3, -0.25) is 14.8 Å². The molecule has 0 aromatic rings. The maximum Gasteiger partial charge on any atom is 0.156 e. The summed E-state index contributed by atoms with van der Waals surface area (Å²) >= 11 is 0. The van der Waals surface area contributed by atoms with E-state index in [1.165, 1.54) is 23.1 Å². The molecule has 0 spiro atoms. The lowest BCUT2D eigenvalue weighted by Crippen LogP contribution is -2.35. The summed E-state index contributed by atoms with van der Waals surface area (Å²) < 4.78 is 0. The summed E-state index contributed by atoms with van der Waals surface area (Å²) in [6.07, 6.45) is 24.4. The Kier molecular flexibility index (Phi) is 11.9. The van der Waals surface area contributed by atoms with Crippen molar-refractivity contribution in [2.45, 2.75) is 100.0 Å². The van der Waals surface area contributed by atoms with E-state index < -0.39 is 0 Å². The predicted molar refractivity (Wildman–Crippen MR) is 175 cm³/mol. The molecule has 4 nitrogen and oxygen atoms in total. The maximum atomic E-state index is 5.11. The number of unbranched alkanes of at least 4 members (excludes halogenated alkanes) is 2. The van der Waals surface area contributed by atoms with Crippen LogP contribution in [0.5, 0.6) is 0 Å². The Bertz CT molecular complexity index is 1210. The Morgan fingerprint density at radius 1 is 1.10 bits per heavy atom. The summed E-state index contributed by atoms with van der Waals surface area (Å²) in [4.78, 5) is 14.7. The van der Waals surface area contributed by atoms with Crippen LogP contribution >= 0.6 is 0 Å². The van der Waals surface area contributed by atoms with Gasteiger partial charge in [-0.25, -0.2) is 4.99 Å². The van der Waals surface area contributed by atoms with Gasteiger partial charge in [-0.05, 0) is 108 Å². The number of fused-ring (bicyclic) bond motifs is 1. The number of hydrogen-bond donors (Lipinski definition) is 0. The molecule has 0 radical (unpaired) electrons. The summed E-state index contributed by atoms with van der Waals surface area (Å²) in [5, 5.41) is 0. The summed E-state index contributed by atoms with van der Waals surface area (Å²) in [5.41, 5.74) is 9.46. The third kappa shape index (κ3) is 8.51. The zero-order chi connectivity index (χ0) is 29.2. The van der Waals surface area contributed by atoms with Crippen molar-refractivity contribution in [1.29, 1.82) is 0 Å². The molecule has 1 atom stereocenters. The maximum absolute atomic E-state index is 5.11. The predicted octanol–water partition coefficient (Wildman–Crippen LogP) is 9.46. The van der Waals surface area contributed by atoms with Crippen molar-refractivity contribution >= 4 is 12.1 Å². The Labute approximate surface area is 244 Å². The minimum atomic E-state index is 0.570. The first kappa shape index (κ1) is 31.5. The smallest absolute Gasteiger partial charge is 0.156 e. The van der Waals surface area contributed by atoms with Gasteiger partial charge in [-0.15, -0.1) is 0 Å². The number of amidine groups is 1. The van der Waals surface area contributed by atoms with Crippen LogP contribution in [0.4, 0.5) is 0 Å². The Hall–Kier alpha value is -2.98. The second kappa shape index (κ2) is 15.1. The van der Waals surface area contributed by atoms with E-state index >= 15 is 0 Å². The van der Waals surface area contributed by atoms with Crippen molar-refractivity contribution in [2.75, 3.05) is 13.1 Å². The highest BCUT2D eigenvalue weighted by Crippen LogP contribution is 2.31. The summed E-state index contributed by atoms with van der Waals surface area (Å²) in [6, 6.07) is 0.570. The topological polar surface area (TPSA) is 31.2 Å². The Morgan fingerprint density at radius 3 is 2.48 bits per heavy atom. The molecule has 0 aromatic heterocycles. The zero-order valence-electron chi connectivity index (χ0n) is 26.4. The van der Waals surface area contributed by atoms with Crippen LogP contribution in [0.1, 0.15) is 93.9 Å². The number of nitrogens with zero attached hydrogens (tertiary/aromatic N) is 4. The van der Waals surface area contributed by atoms with Crippen molar-refractivity contribution in [2.24, 2.45) is 15.9 Å². The fraction of sp³-hybridized carbons (Fsp3) is 0.500. The quantitative estimate of drug-likeness (QED) is 0.140. The second-order valence-electron chi connectivity index (χ2n) is 11.7. The second-order valence-corrected chi connectivity index (χ2v) is 11.7. The fourth-order valence-corrected chi connectivity index (χ4v) is 4.95. The van der Waals surface area contributed by atoms with Gasteiger partial charge in [0.25, 0.3) is 0 Å². The molecule has 216 valence electrons. The van der Waals surface area contributed by atoms with Gasteiger partial charge < -0.3 is 0 Å². The molecule has 0 fully saturated rings. The average Bonchev–Trinajstić information content (AvgIpc) is 2.95. The van der Waals surface area contributed by atoms with Crippen molar-refractivity contribution in [3.63, 3.8) is 0 Å². The standard InChI is InChI=1S/C36H52N4/c1-10-15-33-23-34(32(22-30(9)26(3)4)17-14-12-13-16-29(8)28(7)11-2)38-36-24-37-35(25-40(33)36)31-18-20-39(21-19-31)27(5)6/h15-18,22-25,27-28H,3,10-14,19-21H2,1-2,4-9H3/b29-16-,30-22+,32-17+,33-15-. The number of hydrogen-bond acceptors (Lipinski definition) is 4. The van der Waals surface area contributed by atoms with Crippen LogP contribution in [-0.2, 0) is 0 Å². The van der Waals surface area contributed by atoms with Gasteiger partial charge in [-0.1, -0.05) is 62.8 Å². The average molecular weight is 541 g/mol. The molecule has 3 aliphatic heterocycles. The minimum absolute atomic E-state index is 0.570. The van der Waals surface area contributed by atoms with E-state index in [9.17, 15) is 0 Å². The van der Waals surface area contributed by atoms with E-state index in [0.717, 1.165) is 79.3 Å². The van der Waals surface area contributed by atoms with Gasteiger partial charge in [-0.2, -0.15) is 0 Å². The van der Waals surface area contributed by atoms with Crippen molar-refractivity contribution in [3.8, 4) is 0 Å². The van der Waals surface area contributed by atoms with Gasteiger partial charge in [0.1, 0.15) is 0 Å². The van der Waals surface area contributed by atoms with Gasteiger partial charge in [0.2, 0.25) is 0 Å². The lowest BCUT2D eigenvalue weighted by atomic mass is 9.98. The Morgan fingerprint density at radius 2 is 1.85 bits per heavy atom. The van der Waals surface area contributed by atoms with Crippen LogP contribution in [-0.4, -0.2) is 41.0 Å². The van der Waals surface area contributed by atoms with Crippen LogP contribution in [0.25, 0.3) is 0 Å².